The van der Waals surface area contributed by atoms with Crippen molar-refractivity contribution in [2.45, 2.75) is 18.3 Å². The van der Waals surface area contributed by atoms with Crippen LogP contribution >= 0.6 is 0 Å². The highest BCUT2D eigenvalue weighted by molar-refractivity contribution is 4.89. The Morgan fingerprint density at radius 3 is 1.88 bits per heavy atom. The van der Waals surface area contributed by atoms with Gasteiger partial charge in [-0.2, -0.15) is 0 Å². The molecule has 0 aliphatic carbocycles. The summed E-state index contributed by atoms with van der Waals surface area (Å²) in [5.41, 5.74) is 0. The Hall–Kier alpha value is -0.120. The normalized spacial score (nSPS) is 46.1. The third-order valence-electron chi connectivity index (χ3n) is 1.48. The molecule has 8 heavy (non-hydrogen) atoms. The van der Waals surface area contributed by atoms with Gasteiger partial charge in [0.2, 0.25) is 0 Å². The lowest BCUT2D eigenvalue weighted by Gasteiger charge is -1.98. The summed E-state index contributed by atoms with van der Waals surface area (Å²) in [7, 11) is 0. The van der Waals surface area contributed by atoms with Crippen molar-refractivity contribution >= 4 is 0 Å². The van der Waals surface area contributed by atoms with Crippen molar-refractivity contribution < 1.29 is 14.6 Å². The van der Waals surface area contributed by atoms with Crippen LogP contribution in [0, 0.1) is 0 Å². The summed E-state index contributed by atoms with van der Waals surface area (Å²) in [4.78, 5) is 0. The Balaban J connectivity index is 1.84. The van der Waals surface area contributed by atoms with Crippen molar-refractivity contribution in [1.82, 2.24) is 0 Å². The second-order valence-corrected chi connectivity index (χ2v) is 2.23. The minimum Gasteiger partial charge on any atom is -0.388 e. The summed E-state index contributed by atoms with van der Waals surface area (Å²) >= 11 is 0. The lowest BCUT2D eigenvalue weighted by atomic mass is 10.2. The van der Waals surface area contributed by atoms with Crippen molar-refractivity contribution in [3.05, 3.63) is 0 Å². The van der Waals surface area contributed by atoms with Gasteiger partial charge < -0.3 is 14.6 Å². The van der Waals surface area contributed by atoms with E-state index in [0.29, 0.717) is 13.2 Å². The summed E-state index contributed by atoms with van der Waals surface area (Å²) in [5.74, 6) is 0. The molecule has 0 spiro atoms. The van der Waals surface area contributed by atoms with Crippen molar-refractivity contribution in [3.63, 3.8) is 0 Å². The molecule has 3 heteroatoms. The van der Waals surface area contributed by atoms with Gasteiger partial charge >= 0.3 is 0 Å². The molecule has 0 aromatic rings. The van der Waals surface area contributed by atoms with Gasteiger partial charge in [0.15, 0.2) is 0 Å². The number of rotatable bonds is 2. The van der Waals surface area contributed by atoms with E-state index in [1.807, 2.05) is 0 Å². The van der Waals surface area contributed by atoms with E-state index in [9.17, 15) is 0 Å². The van der Waals surface area contributed by atoms with Crippen LogP contribution in [0.1, 0.15) is 0 Å². The van der Waals surface area contributed by atoms with Crippen LogP contribution in [0.2, 0.25) is 0 Å². The second-order valence-electron chi connectivity index (χ2n) is 2.23. The standard InChI is InChI=1S/C5H8O3/c6-5(3-1-7-3)4-2-8-4/h3-6H,1-2H2/t3-,4+,5+. The van der Waals surface area contributed by atoms with Crippen LogP contribution in [0.4, 0.5) is 0 Å². The lowest BCUT2D eigenvalue weighted by molar-refractivity contribution is 0.103. The van der Waals surface area contributed by atoms with E-state index in [0.717, 1.165) is 0 Å². The number of epoxide rings is 2. The van der Waals surface area contributed by atoms with E-state index < -0.39 is 0 Å². The summed E-state index contributed by atoms with van der Waals surface area (Å²) in [6, 6.07) is 0. The van der Waals surface area contributed by atoms with Gasteiger partial charge in [-0.15, -0.1) is 0 Å². The lowest BCUT2D eigenvalue weighted by Crippen LogP contribution is -2.21. The molecule has 2 heterocycles. The van der Waals surface area contributed by atoms with Crippen molar-refractivity contribution in [2.24, 2.45) is 0 Å². The van der Waals surface area contributed by atoms with Gasteiger partial charge in [0, 0.05) is 0 Å². The van der Waals surface area contributed by atoms with Gasteiger partial charge in [0.1, 0.15) is 18.3 Å². The van der Waals surface area contributed by atoms with Gasteiger partial charge in [0.05, 0.1) is 13.2 Å². The first-order valence-corrected chi connectivity index (χ1v) is 2.79. The summed E-state index contributed by atoms with van der Waals surface area (Å²) in [6.07, 6.45) is -0.181. The third-order valence-corrected chi connectivity index (χ3v) is 1.48. The van der Waals surface area contributed by atoms with E-state index in [4.69, 9.17) is 14.6 Å². The Bertz CT molecular complexity index is 83.8. The summed E-state index contributed by atoms with van der Waals surface area (Å²) < 4.78 is 9.68. The highest BCUT2D eigenvalue weighted by Crippen LogP contribution is 2.24. The number of hydrogen-bond donors (Lipinski definition) is 1. The van der Waals surface area contributed by atoms with Crippen LogP contribution in [0.15, 0.2) is 0 Å². The van der Waals surface area contributed by atoms with Crippen LogP contribution in [-0.2, 0) is 9.47 Å². The first-order valence-electron chi connectivity index (χ1n) is 2.79. The average Bonchev–Trinajstić information content (AvgIpc) is 2.63. The fraction of sp³-hybridized carbons (Fsp3) is 1.00. The predicted molar refractivity (Wildman–Crippen MR) is 25.5 cm³/mol. The maximum atomic E-state index is 9.08. The number of hydrogen-bond acceptors (Lipinski definition) is 3. The van der Waals surface area contributed by atoms with Crippen molar-refractivity contribution in [1.29, 1.82) is 0 Å². The van der Waals surface area contributed by atoms with Gasteiger partial charge in [-0.25, -0.2) is 0 Å². The zero-order chi connectivity index (χ0) is 5.56. The Morgan fingerprint density at radius 2 is 1.62 bits per heavy atom. The SMILES string of the molecule is O[C@H]([C@@H]1CO1)[C@H]1CO1. The minimum absolute atomic E-state index is 0.0856. The molecule has 2 fully saturated rings. The molecule has 2 saturated heterocycles. The van der Waals surface area contributed by atoms with E-state index in [1.54, 1.807) is 0 Å². The zero-order valence-corrected chi connectivity index (χ0v) is 4.41. The fourth-order valence-corrected chi connectivity index (χ4v) is 0.745. The van der Waals surface area contributed by atoms with E-state index in [-0.39, 0.29) is 18.3 Å². The molecule has 1 N–H and O–H groups in total. The van der Waals surface area contributed by atoms with Crippen LogP contribution < -0.4 is 0 Å². The number of aliphatic hydroxyl groups is 1. The highest BCUT2D eigenvalue weighted by Gasteiger charge is 2.42. The van der Waals surface area contributed by atoms with E-state index >= 15 is 0 Å². The van der Waals surface area contributed by atoms with Gasteiger partial charge in [-0.05, 0) is 0 Å². The van der Waals surface area contributed by atoms with Crippen molar-refractivity contribution in [3.8, 4) is 0 Å². The van der Waals surface area contributed by atoms with Gasteiger partial charge in [0.25, 0.3) is 0 Å². The number of ether oxygens (including phenoxy) is 2. The molecule has 0 bridgehead atoms. The van der Waals surface area contributed by atoms with E-state index in [1.165, 1.54) is 0 Å². The van der Waals surface area contributed by atoms with Crippen LogP contribution in [0.5, 0.6) is 0 Å². The summed E-state index contributed by atoms with van der Waals surface area (Å²) in [5, 5.41) is 9.08. The Kier molecular flexibility index (Phi) is 0.848. The average molecular weight is 116 g/mol. The first kappa shape index (κ1) is 4.73. The second kappa shape index (κ2) is 1.43. The van der Waals surface area contributed by atoms with Crippen molar-refractivity contribution in [2.75, 3.05) is 13.2 Å². The first-order chi connectivity index (χ1) is 3.88. The third kappa shape index (κ3) is 0.727. The number of aliphatic hydroxyl groups excluding tert-OH is 1. The molecule has 2 aliphatic rings. The van der Waals surface area contributed by atoms with Crippen LogP contribution in [0.3, 0.4) is 0 Å². The molecule has 2 rings (SSSR count). The van der Waals surface area contributed by atoms with Crippen LogP contribution in [0.25, 0.3) is 0 Å². The molecule has 0 aromatic carbocycles. The molecule has 3 atom stereocenters. The molecule has 0 amide bonds. The zero-order valence-electron chi connectivity index (χ0n) is 4.41. The molecule has 0 unspecified atom stereocenters. The molecule has 0 radical (unpaired) electrons. The Labute approximate surface area is 47.2 Å². The molecular formula is C5H8O3. The molecule has 46 valence electrons. The summed E-state index contributed by atoms with van der Waals surface area (Å²) in [6.45, 7) is 1.42. The maximum Gasteiger partial charge on any atom is 0.111 e. The van der Waals surface area contributed by atoms with Gasteiger partial charge in [-0.3, -0.25) is 0 Å². The van der Waals surface area contributed by atoms with E-state index in [2.05, 4.69) is 0 Å². The predicted octanol–water partition coefficient (Wildman–Crippen LogP) is -0.855. The molecule has 0 saturated carbocycles. The Morgan fingerprint density at radius 1 is 1.25 bits per heavy atom. The topological polar surface area (TPSA) is 45.3 Å². The molecular weight excluding hydrogens is 108 g/mol. The molecule has 2 aliphatic heterocycles. The van der Waals surface area contributed by atoms with Gasteiger partial charge in [-0.1, -0.05) is 0 Å². The maximum absolute atomic E-state index is 9.08. The molecule has 0 aromatic heterocycles. The largest absolute Gasteiger partial charge is 0.388 e. The molecule has 3 nitrogen and oxygen atoms in total. The van der Waals surface area contributed by atoms with Crippen LogP contribution in [-0.4, -0.2) is 36.6 Å². The fourth-order valence-electron chi connectivity index (χ4n) is 0.745. The quantitative estimate of drug-likeness (QED) is 0.478. The highest BCUT2D eigenvalue weighted by atomic mass is 16.6. The smallest absolute Gasteiger partial charge is 0.111 e. The minimum atomic E-state index is -0.352. The monoisotopic (exact) mass is 116 g/mol.